The van der Waals surface area contributed by atoms with Gasteiger partial charge in [0.2, 0.25) is 5.91 Å². The number of amides is 1. The highest BCUT2D eigenvalue weighted by Gasteiger charge is 2.18. The topological polar surface area (TPSA) is 65.5 Å². The van der Waals surface area contributed by atoms with E-state index in [1.165, 1.54) is 5.69 Å². The maximum absolute atomic E-state index is 12.0. The maximum Gasteiger partial charge on any atom is 0.220 e. The number of rotatable bonds is 10. The first-order chi connectivity index (χ1) is 16.4. The standard InChI is InChI=1S/C29H37N3O2/c1-22(2)13-17-31-29(34)10-6-7-23(3)25-14-18-30-26(21-25)12-11-24-8-4-5-9-28(24)32-19-15-27(33)16-20-32/h4-5,7-9,11-12,14,18,21,27,33H,1,6,10,13,15-17,19-20H2,2-3H3,(H,31,34)/b12-11+,23-7+. The second-order valence-corrected chi connectivity index (χ2v) is 9.06. The SMILES string of the molecule is C=C(C)CCNC(=O)CC/C=C(\C)c1ccnc(/C=C/c2ccccc2N2CCC(O)CC2)c1. The number of nitrogens with zero attached hydrogens (tertiary/aromatic N) is 2. The van der Waals surface area contributed by atoms with Crippen LogP contribution in [0.5, 0.6) is 0 Å². The van der Waals surface area contributed by atoms with Crippen molar-refractivity contribution in [3.05, 3.63) is 77.6 Å². The van der Waals surface area contributed by atoms with E-state index in [0.29, 0.717) is 19.4 Å². The van der Waals surface area contributed by atoms with Crippen LogP contribution in [0.1, 0.15) is 62.8 Å². The molecule has 1 aromatic heterocycles. The summed E-state index contributed by atoms with van der Waals surface area (Å²) in [5, 5.41) is 12.8. The van der Waals surface area contributed by atoms with Crippen molar-refractivity contribution in [2.75, 3.05) is 24.5 Å². The van der Waals surface area contributed by atoms with Gasteiger partial charge in [-0.25, -0.2) is 0 Å². The van der Waals surface area contributed by atoms with Crippen molar-refractivity contribution < 1.29 is 9.90 Å². The highest BCUT2D eigenvalue weighted by molar-refractivity contribution is 5.78. The van der Waals surface area contributed by atoms with E-state index in [4.69, 9.17) is 0 Å². The van der Waals surface area contributed by atoms with Crippen molar-refractivity contribution >= 4 is 29.3 Å². The molecule has 2 N–H and O–H groups in total. The number of allylic oxidation sites excluding steroid dienone is 2. The Labute approximate surface area is 203 Å². The van der Waals surface area contributed by atoms with Gasteiger partial charge in [-0.1, -0.05) is 35.9 Å². The first kappa shape index (κ1) is 25.4. The predicted octanol–water partition coefficient (Wildman–Crippen LogP) is 5.48. The van der Waals surface area contributed by atoms with Crippen LogP contribution in [0.3, 0.4) is 0 Å². The number of para-hydroxylation sites is 1. The van der Waals surface area contributed by atoms with Gasteiger partial charge >= 0.3 is 0 Å². The van der Waals surface area contributed by atoms with Gasteiger partial charge in [0, 0.05) is 37.9 Å². The van der Waals surface area contributed by atoms with E-state index in [1.807, 2.05) is 31.3 Å². The first-order valence-corrected chi connectivity index (χ1v) is 12.2. The van der Waals surface area contributed by atoms with Crippen LogP contribution in [-0.4, -0.2) is 41.7 Å². The molecule has 0 saturated carbocycles. The van der Waals surface area contributed by atoms with Gasteiger partial charge < -0.3 is 15.3 Å². The molecule has 1 aromatic carbocycles. The number of anilines is 1. The maximum atomic E-state index is 12.0. The zero-order valence-corrected chi connectivity index (χ0v) is 20.5. The Morgan fingerprint density at radius 2 is 1.94 bits per heavy atom. The lowest BCUT2D eigenvalue weighted by atomic mass is 10.0. The van der Waals surface area contributed by atoms with Crippen LogP contribution in [0.15, 0.2) is 60.8 Å². The Morgan fingerprint density at radius 3 is 2.71 bits per heavy atom. The third-order valence-corrected chi connectivity index (χ3v) is 6.11. The fourth-order valence-corrected chi connectivity index (χ4v) is 4.02. The lowest BCUT2D eigenvalue weighted by molar-refractivity contribution is -0.120. The smallest absolute Gasteiger partial charge is 0.220 e. The van der Waals surface area contributed by atoms with Gasteiger partial charge in [-0.15, -0.1) is 6.58 Å². The number of carbonyl (C=O) groups excluding carboxylic acids is 1. The number of hydrogen-bond acceptors (Lipinski definition) is 4. The minimum Gasteiger partial charge on any atom is -0.393 e. The summed E-state index contributed by atoms with van der Waals surface area (Å²) in [6.07, 6.45) is 11.5. The Bertz CT molecular complexity index is 1030. The number of pyridine rings is 1. The molecule has 5 nitrogen and oxygen atoms in total. The number of aliphatic hydroxyl groups is 1. The van der Waals surface area contributed by atoms with Crippen LogP contribution in [0.25, 0.3) is 17.7 Å². The van der Waals surface area contributed by atoms with Gasteiger partial charge in [-0.05, 0) is 80.5 Å². The third-order valence-electron chi connectivity index (χ3n) is 6.11. The second-order valence-electron chi connectivity index (χ2n) is 9.06. The average Bonchev–Trinajstić information content (AvgIpc) is 2.83. The van der Waals surface area contributed by atoms with Gasteiger partial charge in [0.15, 0.2) is 0 Å². The van der Waals surface area contributed by atoms with E-state index >= 15 is 0 Å². The fraction of sp³-hybridized carbons (Fsp3) is 0.379. The van der Waals surface area contributed by atoms with E-state index in [-0.39, 0.29) is 12.0 Å². The Hall–Kier alpha value is -3.18. The van der Waals surface area contributed by atoms with E-state index in [2.05, 4.69) is 65.1 Å². The Morgan fingerprint density at radius 1 is 1.18 bits per heavy atom. The van der Waals surface area contributed by atoms with E-state index in [9.17, 15) is 9.90 Å². The molecule has 1 saturated heterocycles. The van der Waals surface area contributed by atoms with Crippen LogP contribution in [0.2, 0.25) is 0 Å². The van der Waals surface area contributed by atoms with Crippen LogP contribution >= 0.6 is 0 Å². The largest absolute Gasteiger partial charge is 0.393 e. The van der Waals surface area contributed by atoms with E-state index < -0.39 is 0 Å². The fourth-order valence-electron chi connectivity index (χ4n) is 4.02. The van der Waals surface area contributed by atoms with Crippen LogP contribution in [0.4, 0.5) is 5.69 Å². The number of aromatic nitrogens is 1. The summed E-state index contributed by atoms with van der Waals surface area (Å²) in [5.74, 6) is 0.0746. The average molecular weight is 460 g/mol. The second kappa shape index (κ2) is 12.9. The molecule has 0 radical (unpaired) electrons. The zero-order valence-electron chi connectivity index (χ0n) is 20.5. The molecule has 0 aliphatic carbocycles. The Kier molecular flexibility index (Phi) is 9.65. The zero-order chi connectivity index (χ0) is 24.3. The molecule has 1 fully saturated rings. The highest BCUT2D eigenvalue weighted by Crippen LogP contribution is 2.26. The number of piperidine rings is 1. The van der Waals surface area contributed by atoms with Gasteiger partial charge in [0.05, 0.1) is 11.8 Å². The molecule has 3 rings (SSSR count). The molecule has 2 aromatic rings. The predicted molar refractivity (Wildman–Crippen MR) is 142 cm³/mol. The molecule has 2 heterocycles. The lowest BCUT2D eigenvalue weighted by Crippen LogP contribution is -2.36. The summed E-state index contributed by atoms with van der Waals surface area (Å²) in [5.41, 5.74) is 6.56. The molecule has 0 bridgehead atoms. The molecule has 1 aliphatic rings. The number of carbonyl (C=O) groups is 1. The van der Waals surface area contributed by atoms with Crippen molar-refractivity contribution in [3.63, 3.8) is 0 Å². The molecular weight excluding hydrogens is 422 g/mol. The van der Waals surface area contributed by atoms with Crippen molar-refractivity contribution in [3.8, 4) is 0 Å². The summed E-state index contributed by atoms with van der Waals surface area (Å²) in [6, 6.07) is 12.5. The molecule has 34 heavy (non-hydrogen) atoms. The highest BCUT2D eigenvalue weighted by atomic mass is 16.3. The summed E-state index contributed by atoms with van der Waals surface area (Å²) in [4.78, 5) is 18.8. The van der Waals surface area contributed by atoms with Crippen molar-refractivity contribution in [1.82, 2.24) is 10.3 Å². The molecule has 0 spiro atoms. The van der Waals surface area contributed by atoms with Gasteiger partial charge in [-0.2, -0.15) is 0 Å². The Balaban J connectivity index is 1.61. The summed E-state index contributed by atoms with van der Waals surface area (Å²) in [6.45, 7) is 10.3. The molecule has 1 amide bonds. The monoisotopic (exact) mass is 459 g/mol. The molecule has 1 aliphatic heterocycles. The van der Waals surface area contributed by atoms with Crippen molar-refractivity contribution in [1.29, 1.82) is 0 Å². The van der Waals surface area contributed by atoms with E-state index in [1.54, 1.807) is 0 Å². The molecule has 180 valence electrons. The summed E-state index contributed by atoms with van der Waals surface area (Å²) in [7, 11) is 0. The number of nitrogens with one attached hydrogen (secondary N) is 1. The van der Waals surface area contributed by atoms with Crippen LogP contribution < -0.4 is 10.2 Å². The molecule has 5 heteroatoms. The van der Waals surface area contributed by atoms with E-state index in [0.717, 1.165) is 60.3 Å². The lowest BCUT2D eigenvalue weighted by Gasteiger charge is -2.32. The minimum absolute atomic E-state index is 0.0746. The van der Waals surface area contributed by atoms with Gasteiger partial charge in [0.1, 0.15) is 0 Å². The first-order valence-electron chi connectivity index (χ1n) is 12.2. The normalized spacial score (nSPS) is 15.0. The molecular formula is C29H37N3O2. The molecule has 0 atom stereocenters. The van der Waals surface area contributed by atoms with Crippen molar-refractivity contribution in [2.45, 2.75) is 52.1 Å². The quantitative estimate of drug-likeness (QED) is 0.462. The number of hydrogen-bond donors (Lipinski definition) is 2. The molecule has 0 unspecified atom stereocenters. The van der Waals surface area contributed by atoms with Gasteiger partial charge in [-0.3, -0.25) is 9.78 Å². The minimum atomic E-state index is -0.182. The van der Waals surface area contributed by atoms with Crippen LogP contribution in [-0.2, 0) is 4.79 Å². The van der Waals surface area contributed by atoms with Crippen LogP contribution in [0, 0.1) is 0 Å². The number of aliphatic hydroxyl groups excluding tert-OH is 1. The summed E-state index contributed by atoms with van der Waals surface area (Å²) < 4.78 is 0. The van der Waals surface area contributed by atoms with Crippen molar-refractivity contribution in [2.24, 2.45) is 0 Å². The number of benzene rings is 1. The third kappa shape index (κ3) is 7.99. The van der Waals surface area contributed by atoms with Gasteiger partial charge in [0.25, 0.3) is 0 Å². The summed E-state index contributed by atoms with van der Waals surface area (Å²) >= 11 is 0.